The van der Waals surface area contributed by atoms with Crippen LogP contribution in [0.5, 0.6) is 0 Å². The highest BCUT2D eigenvalue weighted by atomic mass is 16.5. The fourth-order valence-corrected chi connectivity index (χ4v) is 1.45. The molecule has 1 fully saturated rings. The van der Waals surface area contributed by atoms with Crippen LogP contribution in [0, 0.1) is 11.8 Å². The van der Waals surface area contributed by atoms with E-state index in [1.165, 1.54) is 0 Å². The topological polar surface area (TPSA) is 32.8 Å². The Morgan fingerprint density at radius 1 is 1.53 bits per heavy atom. The van der Waals surface area contributed by atoms with Gasteiger partial charge in [-0.3, -0.25) is 9.69 Å². The van der Waals surface area contributed by atoms with Gasteiger partial charge in [-0.2, -0.15) is 0 Å². The lowest BCUT2D eigenvalue weighted by atomic mass is 10.3. The van der Waals surface area contributed by atoms with Crippen LogP contribution in [0.4, 0.5) is 0 Å². The first-order valence-electron chi connectivity index (χ1n) is 5.07. The van der Waals surface area contributed by atoms with Gasteiger partial charge < -0.3 is 9.64 Å². The van der Waals surface area contributed by atoms with Gasteiger partial charge in [0, 0.05) is 20.1 Å². The van der Waals surface area contributed by atoms with Gasteiger partial charge in [-0.1, -0.05) is 11.8 Å². The number of hydrogen-bond donors (Lipinski definition) is 0. The van der Waals surface area contributed by atoms with Gasteiger partial charge in [0.25, 0.3) is 5.91 Å². The molecule has 0 aliphatic carbocycles. The molecule has 0 N–H and O–H groups in total. The van der Waals surface area contributed by atoms with E-state index in [1.54, 1.807) is 12.0 Å². The van der Waals surface area contributed by atoms with Crippen molar-refractivity contribution >= 4 is 5.91 Å². The Hall–Kier alpha value is -1.05. The fraction of sp³-hybridized carbons (Fsp3) is 0.727. The van der Waals surface area contributed by atoms with E-state index < -0.39 is 0 Å². The average molecular weight is 210 g/mol. The second-order valence-electron chi connectivity index (χ2n) is 3.86. The Morgan fingerprint density at radius 2 is 2.27 bits per heavy atom. The Labute approximate surface area is 91.2 Å². The number of hydrogen-bond acceptors (Lipinski definition) is 3. The van der Waals surface area contributed by atoms with Crippen LogP contribution < -0.4 is 0 Å². The highest BCUT2D eigenvalue weighted by Gasteiger charge is 2.30. The molecular formula is C11H18N2O2. The summed E-state index contributed by atoms with van der Waals surface area (Å²) in [6, 6.07) is 0. The molecule has 1 aliphatic rings. The maximum atomic E-state index is 11.6. The second kappa shape index (κ2) is 5.74. The van der Waals surface area contributed by atoms with E-state index in [0.29, 0.717) is 6.54 Å². The van der Waals surface area contributed by atoms with Gasteiger partial charge >= 0.3 is 0 Å². The summed E-state index contributed by atoms with van der Waals surface area (Å²) in [6.45, 7) is 2.01. The smallest absolute Gasteiger partial charge is 0.252 e. The van der Waals surface area contributed by atoms with E-state index in [1.807, 2.05) is 19.0 Å². The van der Waals surface area contributed by atoms with Crippen LogP contribution in [0.25, 0.3) is 0 Å². The number of rotatable bonds is 3. The maximum Gasteiger partial charge on any atom is 0.252 e. The molecule has 4 nitrogen and oxygen atoms in total. The van der Waals surface area contributed by atoms with Crippen LogP contribution in [0.2, 0.25) is 0 Å². The van der Waals surface area contributed by atoms with E-state index in [2.05, 4.69) is 11.8 Å². The van der Waals surface area contributed by atoms with Crippen LogP contribution in [0.3, 0.4) is 0 Å². The lowest BCUT2D eigenvalue weighted by Gasteiger charge is -2.12. The van der Waals surface area contributed by atoms with Crippen LogP contribution in [-0.2, 0) is 9.53 Å². The van der Waals surface area contributed by atoms with Gasteiger partial charge in [-0.25, -0.2) is 0 Å². The van der Waals surface area contributed by atoms with E-state index in [0.717, 1.165) is 19.5 Å². The highest BCUT2D eigenvalue weighted by molar-refractivity contribution is 5.83. The summed E-state index contributed by atoms with van der Waals surface area (Å²) in [7, 11) is 5.51. The van der Waals surface area contributed by atoms with Crippen molar-refractivity contribution in [2.45, 2.75) is 12.5 Å². The molecule has 4 heteroatoms. The molecule has 0 radical (unpaired) electrons. The van der Waals surface area contributed by atoms with Crippen LogP contribution in [0.15, 0.2) is 0 Å². The van der Waals surface area contributed by atoms with Gasteiger partial charge in [0.05, 0.1) is 13.1 Å². The van der Waals surface area contributed by atoms with Crippen LogP contribution >= 0.6 is 0 Å². The number of methoxy groups -OCH3 is 1. The van der Waals surface area contributed by atoms with Crippen LogP contribution in [-0.4, -0.2) is 62.7 Å². The summed E-state index contributed by atoms with van der Waals surface area (Å²) in [4.78, 5) is 15.3. The number of carbonyl (C=O) groups is 1. The molecular weight excluding hydrogens is 192 g/mol. The highest BCUT2D eigenvalue weighted by Crippen LogP contribution is 2.12. The number of likely N-dealkylation sites (tertiary alicyclic amines) is 1. The normalized spacial score (nSPS) is 20.7. The predicted molar refractivity (Wildman–Crippen MR) is 58.3 cm³/mol. The van der Waals surface area contributed by atoms with E-state index in [4.69, 9.17) is 4.74 Å². The Morgan fingerprint density at radius 3 is 2.80 bits per heavy atom. The molecule has 0 aromatic carbocycles. The van der Waals surface area contributed by atoms with Crippen molar-refractivity contribution < 1.29 is 9.53 Å². The van der Waals surface area contributed by atoms with Crippen molar-refractivity contribution in [2.24, 2.45) is 0 Å². The molecule has 0 aromatic rings. The number of carbonyl (C=O) groups excluding carboxylic acids is 1. The van der Waals surface area contributed by atoms with E-state index in [-0.39, 0.29) is 12.0 Å². The largest absolute Gasteiger partial charge is 0.372 e. The summed E-state index contributed by atoms with van der Waals surface area (Å²) in [5.41, 5.74) is 0. The zero-order valence-electron chi connectivity index (χ0n) is 9.62. The third-order valence-electron chi connectivity index (χ3n) is 2.32. The minimum Gasteiger partial charge on any atom is -0.372 e. The third-order valence-corrected chi connectivity index (χ3v) is 2.32. The van der Waals surface area contributed by atoms with Crippen molar-refractivity contribution in [3.8, 4) is 11.8 Å². The molecule has 1 rings (SSSR count). The minimum atomic E-state index is -0.249. The Balaban J connectivity index is 2.33. The molecule has 0 unspecified atom stereocenters. The molecule has 0 saturated carbocycles. The van der Waals surface area contributed by atoms with Crippen molar-refractivity contribution in [2.75, 3.05) is 40.8 Å². The lowest BCUT2D eigenvalue weighted by Crippen LogP contribution is -2.30. The molecule has 1 aliphatic heterocycles. The first-order valence-corrected chi connectivity index (χ1v) is 5.07. The number of amides is 1. The lowest BCUT2D eigenvalue weighted by molar-refractivity contribution is -0.135. The van der Waals surface area contributed by atoms with Gasteiger partial charge in [-0.15, -0.1) is 0 Å². The summed E-state index contributed by atoms with van der Waals surface area (Å²) in [5, 5.41) is 0. The van der Waals surface area contributed by atoms with Crippen molar-refractivity contribution in [1.82, 2.24) is 9.80 Å². The third kappa shape index (κ3) is 3.54. The van der Waals surface area contributed by atoms with Gasteiger partial charge in [-0.05, 0) is 14.1 Å². The van der Waals surface area contributed by atoms with E-state index >= 15 is 0 Å². The van der Waals surface area contributed by atoms with Gasteiger partial charge in [0.1, 0.15) is 6.10 Å². The van der Waals surface area contributed by atoms with Crippen molar-refractivity contribution in [3.05, 3.63) is 0 Å². The summed E-state index contributed by atoms with van der Waals surface area (Å²) >= 11 is 0. The number of nitrogens with zero attached hydrogens (tertiary/aromatic N) is 2. The Bertz CT molecular complexity index is 278. The monoisotopic (exact) mass is 210 g/mol. The standard InChI is InChI=1S/C11H18N2O2/c1-12(2)7-4-5-8-13-9-6-10(15-3)11(13)14/h10H,6-9H2,1-3H3/t10-/m0/s1. The molecule has 0 bridgehead atoms. The minimum absolute atomic E-state index is 0.0663. The zero-order chi connectivity index (χ0) is 11.3. The predicted octanol–water partition coefficient (Wildman–Crippen LogP) is -0.201. The van der Waals surface area contributed by atoms with Gasteiger partial charge in [0.2, 0.25) is 0 Å². The van der Waals surface area contributed by atoms with Crippen molar-refractivity contribution in [1.29, 1.82) is 0 Å². The zero-order valence-corrected chi connectivity index (χ0v) is 9.62. The molecule has 0 spiro atoms. The quantitative estimate of drug-likeness (QED) is 0.605. The summed E-state index contributed by atoms with van der Waals surface area (Å²) in [5.74, 6) is 6.06. The first kappa shape index (κ1) is 12.0. The summed E-state index contributed by atoms with van der Waals surface area (Å²) in [6.07, 6.45) is 0.533. The molecule has 15 heavy (non-hydrogen) atoms. The molecule has 84 valence electrons. The maximum absolute atomic E-state index is 11.6. The van der Waals surface area contributed by atoms with Crippen molar-refractivity contribution in [3.63, 3.8) is 0 Å². The molecule has 1 saturated heterocycles. The molecule has 0 aromatic heterocycles. The number of ether oxygens (including phenoxy) is 1. The average Bonchev–Trinajstić information content (AvgIpc) is 2.54. The molecule has 1 atom stereocenters. The summed E-state index contributed by atoms with van der Waals surface area (Å²) < 4.78 is 5.05. The fourth-order valence-electron chi connectivity index (χ4n) is 1.45. The van der Waals surface area contributed by atoms with E-state index in [9.17, 15) is 4.79 Å². The van der Waals surface area contributed by atoms with Crippen LogP contribution in [0.1, 0.15) is 6.42 Å². The SMILES string of the molecule is CO[C@H]1CCN(CC#CCN(C)C)C1=O. The van der Waals surface area contributed by atoms with Gasteiger partial charge in [0.15, 0.2) is 0 Å². The second-order valence-corrected chi connectivity index (χ2v) is 3.86. The Kier molecular flexibility index (Phi) is 4.60. The molecule has 1 heterocycles. The first-order chi connectivity index (χ1) is 7.15. The molecule has 1 amide bonds.